The van der Waals surface area contributed by atoms with Crippen LogP contribution < -0.4 is 5.32 Å². The highest BCUT2D eigenvalue weighted by Gasteiger charge is 2.35. The zero-order valence-electron chi connectivity index (χ0n) is 23.5. The molecule has 4 aromatic carbocycles. The van der Waals surface area contributed by atoms with E-state index in [-0.39, 0.29) is 16.2 Å². The second-order valence-corrected chi connectivity index (χ2v) is 13.3. The molecule has 0 saturated heterocycles. The highest BCUT2D eigenvalue weighted by Crippen LogP contribution is 2.49. The average molecular weight is 487 g/mol. The second-order valence-electron chi connectivity index (χ2n) is 13.3. The number of para-hydroxylation sites is 1. The third-order valence-corrected chi connectivity index (χ3v) is 8.28. The van der Waals surface area contributed by atoms with Gasteiger partial charge < -0.3 is 9.88 Å². The highest BCUT2D eigenvalue weighted by molar-refractivity contribution is 6.10. The molecule has 2 heteroatoms. The molecule has 5 aromatic rings. The molecule has 6 rings (SSSR count). The van der Waals surface area contributed by atoms with Crippen molar-refractivity contribution in [3.8, 4) is 5.69 Å². The Balaban J connectivity index is 1.71. The van der Waals surface area contributed by atoms with Crippen LogP contribution in [0.5, 0.6) is 0 Å². The van der Waals surface area contributed by atoms with Crippen LogP contribution in [0.4, 0.5) is 11.4 Å². The fourth-order valence-corrected chi connectivity index (χ4v) is 6.12. The number of hydrogen-bond donors (Lipinski definition) is 1. The molecule has 0 fully saturated rings. The van der Waals surface area contributed by atoms with Crippen molar-refractivity contribution < 1.29 is 0 Å². The van der Waals surface area contributed by atoms with Gasteiger partial charge in [-0.2, -0.15) is 0 Å². The molecule has 1 aromatic heterocycles. The summed E-state index contributed by atoms with van der Waals surface area (Å²) in [5.74, 6) is 0. The molecule has 0 amide bonds. The first-order chi connectivity index (χ1) is 17.4. The highest BCUT2D eigenvalue weighted by atomic mass is 15.0. The van der Waals surface area contributed by atoms with E-state index in [0.717, 1.165) is 0 Å². The third kappa shape index (κ3) is 3.61. The molecular formula is C35H38N2. The van der Waals surface area contributed by atoms with Crippen LogP contribution in [0.15, 0.2) is 78.9 Å². The standard InChI is InChI=1S/C35H38N2/c1-33(2,3)22-16-18-29-24(20-22)25-21-23(34(4,5)6)17-19-30(25)37(29)31-15-11-14-28-32(31)35(7,8)26-12-9-10-13-27(26)36-28/h9-21,36H,1-8H3. The quantitative estimate of drug-likeness (QED) is 0.249. The van der Waals surface area contributed by atoms with Crippen LogP contribution in [0, 0.1) is 0 Å². The van der Waals surface area contributed by atoms with Crippen molar-refractivity contribution in [2.45, 2.75) is 71.6 Å². The van der Waals surface area contributed by atoms with E-state index in [1.54, 1.807) is 0 Å². The summed E-state index contributed by atoms with van der Waals surface area (Å²) in [5, 5.41) is 6.39. The van der Waals surface area contributed by atoms with Gasteiger partial charge in [0.2, 0.25) is 0 Å². The van der Waals surface area contributed by atoms with Crippen LogP contribution in [0.25, 0.3) is 27.5 Å². The minimum absolute atomic E-state index is 0.0891. The molecule has 2 heterocycles. The number of nitrogens with zero attached hydrogens (tertiary/aromatic N) is 1. The van der Waals surface area contributed by atoms with Gasteiger partial charge in [0.15, 0.2) is 0 Å². The first-order valence-electron chi connectivity index (χ1n) is 13.5. The zero-order chi connectivity index (χ0) is 26.3. The van der Waals surface area contributed by atoms with E-state index in [1.807, 2.05) is 0 Å². The van der Waals surface area contributed by atoms with E-state index in [9.17, 15) is 0 Å². The van der Waals surface area contributed by atoms with Crippen LogP contribution in [-0.2, 0) is 16.2 Å². The Morgan fingerprint density at radius 3 is 1.73 bits per heavy atom. The Morgan fingerprint density at radius 1 is 0.622 bits per heavy atom. The number of fused-ring (bicyclic) bond motifs is 5. The molecule has 0 unspecified atom stereocenters. The summed E-state index contributed by atoms with van der Waals surface area (Å²) >= 11 is 0. The van der Waals surface area contributed by atoms with Gasteiger partial charge in [0.1, 0.15) is 0 Å². The summed E-state index contributed by atoms with van der Waals surface area (Å²) in [4.78, 5) is 0. The van der Waals surface area contributed by atoms with Crippen molar-refractivity contribution >= 4 is 33.2 Å². The molecule has 37 heavy (non-hydrogen) atoms. The van der Waals surface area contributed by atoms with Gasteiger partial charge in [0.25, 0.3) is 0 Å². The molecule has 1 aliphatic rings. The average Bonchev–Trinajstić information content (AvgIpc) is 3.15. The van der Waals surface area contributed by atoms with Gasteiger partial charge >= 0.3 is 0 Å². The van der Waals surface area contributed by atoms with Crippen LogP contribution in [0.3, 0.4) is 0 Å². The molecule has 0 aliphatic carbocycles. The lowest BCUT2D eigenvalue weighted by atomic mass is 9.73. The molecular weight excluding hydrogens is 448 g/mol. The normalized spacial score (nSPS) is 14.9. The number of hydrogen-bond acceptors (Lipinski definition) is 1. The van der Waals surface area contributed by atoms with Crippen LogP contribution in [0.1, 0.15) is 77.6 Å². The predicted octanol–water partition coefficient (Wildman–Crippen LogP) is 9.76. The Morgan fingerprint density at radius 2 is 1.16 bits per heavy atom. The SMILES string of the molecule is CC(C)(C)c1ccc2c(c1)c1cc(C(C)(C)C)ccc1n2-c1cccc2c1C(C)(C)c1ccccc1N2. The Kier molecular flexibility index (Phi) is 4.99. The first-order valence-corrected chi connectivity index (χ1v) is 13.5. The summed E-state index contributed by atoms with van der Waals surface area (Å²) in [6, 6.07) is 29.6. The smallest absolute Gasteiger partial charge is 0.0541 e. The fraction of sp³-hybridized carbons (Fsp3) is 0.314. The molecule has 0 bridgehead atoms. The van der Waals surface area contributed by atoms with Crippen LogP contribution >= 0.6 is 0 Å². The van der Waals surface area contributed by atoms with Gasteiger partial charge in [-0.05, 0) is 70.0 Å². The molecule has 0 radical (unpaired) electrons. The summed E-state index contributed by atoms with van der Waals surface area (Å²) in [5.41, 5.74) is 11.6. The number of benzene rings is 4. The fourth-order valence-electron chi connectivity index (χ4n) is 6.12. The second kappa shape index (κ2) is 7.74. The summed E-state index contributed by atoms with van der Waals surface area (Å²) in [7, 11) is 0. The van der Waals surface area contributed by atoms with Crippen LogP contribution in [-0.4, -0.2) is 4.57 Å². The molecule has 0 saturated carbocycles. The van der Waals surface area contributed by atoms with E-state index in [4.69, 9.17) is 0 Å². The molecule has 1 aliphatic heterocycles. The van der Waals surface area contributed by atoms with E-state index in [1.165, 1.54) is 61.1 Å². The predicted molar refractivity (Wildman–Crippen MR) is 160 cm³/mol. The van der Waals surface area contributed by atoms with Gasteiger partial charge in [0.05, 0.1) is 16.7 Å². The zero-order valence-corrected chi connectivity index (χ0v) is 23.5. The Labute approximate surface area is 221 Å². The van der Waals surface area contributed by atoms with E-state index in [0.29, 0.717) is 0 Å². The summed E-state index contributed by atoms with van der Waals surface area (Å²) in [6.07, 6.45) is 0. The topological polar surface area (TPSA) is 17.0 Å². The first kappa shape index (κ1) is 23.9. The summed E-state index contributed by atoms with van der Waals surface area (Å²) in [6.45, 7) is 18.5. The van der Waals surface area contributed by atoms with Crippen molar-refractivity contribution in [1.29, 1.82) is 0 Å². The van der Waals surface area contributed by atoms with Gasteiger partial charge in [-0.1, -0.05) is 91.8 Å². The molecule has 1 N–H and O–H groups in total. The minimum atomic E-state index is -0.145. The molecule has 0 atom stereocenters. The number of rotatable bonds is 1. The van der Waals surface area contributed by atoms with E-state index in [2.05, 4.69) is 144 Å². The number of aromatic nitrogens is 1. The lowest BCUT2D eigenvalue weighted by Gasteiger charge is -2.37. The molecule has 0 spiro atoms. The van der Waals surface area contributed by atoms with Gasteiger partial charge in [-0.15, -0.1) is 0 Å². The maximum absolute atomic E-state index is 3.74. The largest absolute Gasteiger partial charge is 0.355 e. The van der Waals surface area contributed by atoms with E-state index < -0.39 is 0 Å². The van der Waals surface area contributed by atoms with Gasteiger partial charge in [-0.25, -0.2) is 0 Å². The van der Waals surface area contributed by atoms with Crippen LogP contribution in [0.2, 0.25) is 0 Å². The van der Waals surface area contributed by atoms with Gasteiger partial charge in [0, 0.05) is 33.1 Å². The maximum Gasteiger partial charge on any atom is 0.0541 e. The van der Waals surface area contributed by atoms with Crippen molar-refractivity contribution in [2.75, 3.05) is 5.32 Å². The monoisotopic (exact) mass is 486 g/mol. The lowest BCUT2D eigenvalue weighted by Crippen LogP contribution is -2.27. The van der Waals surface area contributed by atoms with Crippen molar-refractivity contribution in [3.63, 3.8) is 0 Å². The summed E-state index contributed by atoms with van der Waals surface area (Å²) < 4.78 is 2.50. The molecule has 188 valence electrons. The van der Waals surface area contributed by atoms with Crippen molar-refractivity contribution in [1.82, 2.24) is 4.57 Å². The lowest BCUT2D eigenvalue weighted by molar-refractivity contribution is 0.590. The molecule has 2 nitrogen and oxygen atoms in total. The number of anilines is 2. The maximum atomic E-state index is 3.74. The van der Waals surface area contributed by atoms with Crippen molar-refractivity contribution in [3.05, 3.63) is 101 Å². The Hall–Kier alpha value is -3.52. The number of nitrogens with one attached hydrogen (secondary N) is 1. The van der Waals surface area contributed by atoms with Crippen molar-refractivity contribution in [2.24, 2.45) is 0 Å². The van der Waals surface area contributed by atoms with Gasteiger partial charge in [-0.3, -0.25) is 0 Å². The Bertz CT molecular complexity index is 1610. The minimum Gasteiger partial charge on any atom is -0.355 e. The van der Waals surface area contributed by atoms with E-state index >= 15 is 0 Å². The third-order valence-electron chi connectivity index (χ3n) is 8.28.